The van der Waals surface area contributed by atoms with Crippen LogP contribution < -0.4 is 5.73 Å². The predicted octanol–water partition coefficient (Wildman–Crippen LogP) is 5.45. The number of hydrogen-bond donors (Lipinski definition) is 2. The number of thiophene rings is 1. The Morgan fingerprint density at radius 1 is 1.15 bits per heavy atom. The molecule has 0 saturated carbocycles. The molecule has 2 aromatic heterocycles. The van der Waals surface area contributed by atoms with Gasteiger partial charge in [-0.05, 0) is 42.7 Å². The third kappa shape index (κ3) is 4.84. The Kier molecular flexibility index (Phi) is 7.01. The summed E-state index contributed by atoms with van der Waals surface area (Å²) in [4.78, 5) is 4.50. The van der Waals surface area contributed by atoms with Gasteiger partial charge in [0, 0.05) is 10.0 Å². The molecule has 2 aromatic carbocycles. The van der Waals surface area contributed by atoms with Crippen molar-refractivity contribution in [2.45, 2.75) is 18.9 Å². The number of sulfonamides is 1. The van der Waals surface area contributed by atoms with Gasteiger partial charge in [-0.3, -0.25) is 5.41 Å². The van der Waals surface area contributed by atoms with Gasteiger partial charge in [-0.1, -0.05) is 37.9 Å². The molecule has 176 valence electrons. The maximum absolute atomic E-state index is 14.5. The van der Waals surface area contributed by atoms with Crippen LogP contribution in [0.15, 0.2) is 98.7 Å². The zero-order valence-corrected chi connectivity index (χ0v) is 22.3. The van der Waals surface area contributed by atoms with Gasteiger partial charge in [0.25, 0.3) is 10.0 Å². The fourth-order valence-electron chi connectivity index (χ4n) is 3.02. The van der Waals surface area contributed by atoms with Gasteiger partial charge in [0.2, 0.25) is 0 Å². The summed E-state index contributed by atoms with van der Waals surface area (Å²) >= 11 is 5.81. The van der Waals surface area contributed by atoms with Gasteiger partial charge in [0.1, 0.15) is 15.6 Å². The van der Waals surface area contributed by atoms with Crippen LogP contribution in [-0.2, 0) is 19.8 Å². The Morgan fingerprint density at radius 2 is 1.88 bits per heavy atom. The van der Waals surface area contributed by atoms with Crippen LogP contribution in [0, 0.1) is 5.41 Å². The van der Waals surface area contributed by atoms with Gasteiger partial charge >= 0.3 is 0 Å². The van der Waals surface area contributed by atoms with E-state index in [1.54, 1.807) is 42.7 Å². The topological polar surface area (TPSA) is 139 Å². The lowest BCUT2D eigenvalue weighted by atomic mass is 10.2. The number of rotatable bonds is 7. The smallest absolute Gasteiger partial charge is 0.290 e. The molecule has 13 heteroatoms. The molecule has 4 aromatic rings. The predicted molar refractivity (Wildman–Crippen MR) is 137 cm³/mol. The summed E-state index contributed by atoms with van der Waals surface area (Å²) in [6.45, 7) is 0. The largest absolute Gasteiger partial charge is 0.444 e. The van der Waals surface area contributed by atoms with Crippen LogP contribution in [0.1, 0.15) is 4.88 Å². The van der Waals surface area contributed by atoms with Crippen molar-refractivity contribution in [2.75, 3.05) is 6.26 Å². The molecular weight excluding hydrogens is 580 g/mol. The average molecular weight is 598 g/mol. The van der Waals surface area contributed by atoms with Crippen molar-refractivity contribution in [1.82, 2.24) is 4.98 Å². The number of nitrogens with one attached hydrogen (secondary N) is 1. The highest BCUT2D eigenvalue weighted by atomic mass is 79.9. The Morgan fingerprint density at radius 3 is 2.53 bits per heavy atom. The quantitative estimate of drug-likeness (QED) is 0.164. The van der Waals surface area contributed by atoms with E-state index in [0.717, 1.165) is 11.3 Å². The zero-order chi connectivity index (χ0) is 24.5. The fraction of sp³-hybridized carbons (Fsp3) is 0.0476. The number of amidine groups is 1. The van der Waals surface area contributed by atoms with E-state index in [1.807, 2.05) is 0 Å². The molecule has 0 aliphatic rings. The van der Waals surface area contributed by atoms with E-state index in [-0.39, 0.29) is 20.5 Å². The number of halogens is 1. The van der Waals surface area contributed by atoms with E-state index in [9.17, 15) is 12.6 Å². The highest BCUT2D eigenvalue weighted by molar-refractivity contribution is 9.10. The van der Waals surface area contributed by atoms with Crippen molar-refractivity contribution in [3.63, 3.8) is 0 Å². The van der Waals surface area contributed by atoms with E-state index in [1.165, 1.54) is 42.6 Å². The number of benzene rings is 2. The first kappa shape index (κ1) is 24.7. The normalized spacial score (nSPS) is 13.4. The molecule has 8 nitrogen and oxygen atoms in total. The molecule has 1 atom stereocenters. The number of thioether (sulfide) groups is 1. The molecule has 0 bridgehead atoms. The summed E-state index contributed by atoms with van der Waals surface area (Å²) in [5, 5.41) is 7.79. The van der Waals surface area contributed by atoms with Gasteiger partial charge in [0.05, 0.1) is 30.0 Å². The lowest BCUT2D eigenvalue weighted by Gasteiger charge is -2.12. The van der Waals surface area contributed by atoms with Crippen LogP contribution in [-0.4, -0.2) is 29.7 Å². The van der Waals surface area contributed by atoms with E-state index in [0.29, 0.717) is 24.9 Å². The molecule has 34 heavy (non-hydrogen) atoms. The highest BCUT2D eigenvalue weighted by Crippen LogP contribution is 2.39. The van der Waals surface area contributed by atoms with E-state index in [4.69, 9.17) is 15.6 Å². The number of hydrogen-bond acceptors (Lipinski definition) is 8. The Balaban J connectivity index is 1.99. The van der Waals surface area contributed by atoms with Crippen molar-refractivity contribution < 1.29 is 17.0 Å². The second kappa shape index (κ2) is 9.66. The number of oxazole rings is 1. The molecule has 0 saturated heterocycles. The van der Waals surface area contributed by atoms with Crippen LogP contribution >= 0.6 is 39.0 Å². The van der Waals surface area contributed by atoms with Gasteiger partial charge in [-0.15, -0.1) is 23.1 Å². The molecule has 2 heterocycles. The summed E-state index contributed by atoms with van der Waals surface area (Å²) in [5.74, 6) is 0.184. The average Bonchev–Trinajstić information content (AvgIpc) is 3.49. The maximum Gasteiger partial charge on any atom is 0.290 e. The Labute approximate surface area is 213 Å². The number of aromatic nitrogens is 1. The first-order valence-electron chi connectivity index (χ1n) is 9.44. The maximum atomic E-state index is 14.5. The molecule has 0 aliphatic heterocycles. The van der Waals surface area contributed by atoms with E-state index in [2.05, 4.69) is 24.7 Å². The Hall–Kier alpha value is -2.45. The SMILES string of the molecule is CSc1sc(C(=N)N)cc1S(=O)(=NS(=O)(=O)c1cccc(-c2cnco2)c1)c1cccc(Br)c1. The molecular formula is C21H17BrN4O4S4. The molecule has 1 unspecified atom stereocenters. The molecule has 0 spiro atoms. The highest BCUT2D eigenvalue weighted by Gasteiger charge is 2.28. The van der Waals surface area contributed by atoms with Crippen LogP contribution in [0.2, 0.25) is 0 Å². The minimum Gasteiger partial charge on any atom is -0.444 e. The van der Waals surface area contributed by atoms with Crippen molar-refractivity contribution >= 4 is 64.6 Å². The molecule has 0 aliphatic carbocycles. The standard InChI is InChI=1S/C21H17BrN4O4S4/c1-31-21-19(10-18(32-21)20(23)24)33(27,15-6-3-5-14(22)9-15)26-34(28,29)16-7-2-4-13(8-16)17-11-25-12-30-17/h2-12H,1H3,(H3,23,24). The minimum atomic E-state index is -4.39. The van der Waals surface area contributed by atoms with Crippen LogP contribution in [0.5, 0.6) is 0 Å². The zero-order valence-electron chi connectivity index (χ0n) is 17.5. The summed E-state index contributed by atoms with van der Waals surface area (Å²) in [6.07, 6.45) is 4.48. The number of nitrogens with two attached hydrogens (primary N) is 1. The van der Waals surface area contributed by atoms with Gasteiger partial charge in [-0.2, -0.15) is 8.42 Å². The summed E-state index contributed by atoms with van der Waals surface area (Å²) in [5.41, 5.74) is 6.15. The number of nitrogens with zero attached hydrogens (tertiary/aromatic N) is 2. The van der Waals surface area contributed by atoms with Crippen molar-refractivity contribution in [2.24, 2.45) is 9.50 Å². The first-order chi connectivity index (χ1) is 16.1. The van der Waals surface area contributed by atoms with Crippen molar-refractivity contribution in [3.8, 4) is 11.3 Å². The second-order valence-corrected chi connectivity index (χ2v) is 13.8. The van der Waals surface area contributed by atoms with Gasteiger partial charge in [-0.25, -0.2) is 9.19 Å². The van der Waals surface area contributed by atoms with Crippen LogP contribution in [0.25, 0.3) is 11.3 Å². The molecule has 0 amide bonds. The monoisotopic (exact) mass is 596 g/mol. The Bertz CT molecular complexity index is 1610. The summed E-state index contributed by atoms with van der Waals surface area (Å²) < 4.78 is 51.9. The van der Waals surface area contributed by atoms with Crippen LogP contribution in [0.3, 0.4) is 0 Å². The lowest BCUT2D eigenvalue weighted by Crippen LogP contribution is -2.10. The third-order valence-electron chi connectivity index (χ3n) is 4.58. The molecule has 4 rings (SSSR count). The van der Waals surface area contributed by atoms with E-state index < -0.39 is 19.8 Å². The third-order valence-corrected chi connectivity index (χ3v) is 11.9. The van der Waals surface area contributed by atoms with Crippen molar-refractivity contribution in [1.29, 1.82) is 5.41 Å². The molecule has 0 fully saturated rings. The first-order valence-corrected chi connectivity index (χ1v) is 15.2. The van der Waals surface area contributed by atoms with Gasteiger partial charge < -0.3 is 10.2 Å². The lowest BCUT2D eigenvalue weighted by molar-refractivity contribution is 0.571. The summed E-state index contributed by atoms with van der Waals surface area (Å²) in [6, 6.07) is 14.0. The summed E-state index contributed by atoms with van der Waals surface area (Å²) in [7, 11) is -8.08. The molecule has 0 radical (unpaired) electrons. The fourth-order valence-corrected chi connectivity index (χ4v) is 10.2. The van der Waals surface area contributed by atoms with E-state index >= 15 is 0 Å². The van der Waals surface area contributed by atoms with Crippen molar-refractivity contribution in [3.05, 3.63) is 76.5 Å². The number of nitrogen functional groups attached to an aromatic ring is 1. The second-order valence-electron chi connectivity index (χ2n) is 6.81. The van der Waals surface area contributed by atoms with Crippen LogP contribution in [0.4, 0.5) is 0 Å². The molecule has 3 N–H and O–H groups in total. The minimum absolute atomic E-state index is 0.142. The van der Waals surface area contributed by atoms with Gasteiger partial charge in [0.15, 0.2) is 12.2 Å².